The lowest BCUT2D eigenvalue weighted by atomic mass is 9.85. The van der Waals surface area contributed by atoms with E-state index in [1.807, 2.05) is 18.2 Å². The van der Waals surface area contributed by atoms with Crippen LogP contribution in [0.4, 0.5) is 0 Å². The molecule has 0 radical (unpaired) electrons. The van der Waals surface area contributed by atoms with E-state index in [4.69, 9.17) is 19.7 Å². The van der Waals surface area contributed by atoms with E-state index < -0.39 is 0 Å². The molecule has 126 valence electrons. The summed E-state index contributed by atoms with van der Waals surface area (Å²) in [5, 5.41) is 17.6. The van der Waals surface area contributed by atoms with Gasteiger partial charge in [-0.1, -0.05) is 6.07 Å². The molecule has 1 aliphatic rings. The molecule has 5 nitrogen and oxygen atoms in total. The summed E-state index contributed by atoms with van der Waals surface area (Å²) in [6, 6.07) is 10.9. The van der Waals surface area contributed by atoms with Gasteiger partial charge in [0.15, 0.2) is 5.78 Å². The molecule has 5 heteroatoms. The van der Waals surface area contributed by atoms with Gasteiger partial charge in [0.25, 0.3) is 0 Å². The zero-order valence-electron chi connectivity index (χ0n) is 13.3. The van der Waals surface area contributed by atoms with Gasteiger partial charge in [0.2, 0.25) is 0 Å². The number of aliphatic hydroxyl groups excluding tert-OH is 2. The standard InChI is InChI=1S/C19H20O5/c20-6-1-8-23-15-4-5-17-14(11-15)10-13-2-3-16(24-9-7-21)12-18(13)19(17)22/h2-5,11-12,20-21H,1,6-10H2. The molecule has 2 aromatic rings. The van der Waals surface area contributed by atoms with Crippen LogP contribution in [0, 0.1) is 0 Å². The monoisotopic (exact) mass is 328 g/mol. The second-order valence-electron chi connectivity index (χ2n) is 5.64. The van der Waals surface area contributed by atoms with Crippen molar-refractivity contribution in [1.29, 1.82) is 0 Å². The zero-order valence-corrected chi connectivity index (χ0v) is 13.3. The third kappa shape index (κ3) is 3.42. The summed E-state index contributed by atoms with van der Waals surface area (Å²) in [7, 11) is 0. The number of benzene rings is 2. The van der Waals surface area contributed by atoms with Crippen molar-refractivity contribution in [2.45, 2.75) is 12.8 Å². The summed E-state index contributed by atoms with van der Waals surface area (Å²) in [5.74, 6) is 1.27. The van der Waals surface area contributed by atoms with Crippen LogP contribution in [0.25, 0.3) is 0 Å². The van der Waals surface area contributed by atoms with Crippen LogP contribution in [0.3, 0.4) is 0 Å². The van der Waals surface area contributed by atoms with Crippen molar-refractivity contribution in [3.8, 4) is 11.5 Å². The van der Waals surface area contributed by atoms with Crippen molar-refractivity contribution in [3.05, 3.63) is 58.7 Å². The number of carbonyl (C=O) groups excluding carboxylic acids is 1. The van der Waals surface area contributed by atoms with Gasteiger partial charge in [-0.3, -0.25) is 4.79 Å². The van der Waals surface area contributed by atoms with E-state index in [-0.39, 0.29) is 25.6 Å². The van der Waals surface area contributed by atoms with Crippen LogP contribution < -0.4 is 9.47 Å². The molecular formula is C19H20O5. The third-order valence-electron chi connectivity index (χ3n) is 3.96. The van der Waals surface area contributed by atoms with Crippen molar-refractivity contribution in [2.24, 2.45) is 0 Å². The van der Waals surface area contributed by atoms with Crippen molar-refractivity contribution >= 4 is 5.78 Å². The Morgan fingerprint density at radius 3 is 2.38 bits per heavy atom. The van der Waals surface area contributed by atoms with Crippen LogP contribution >= 0.6 is 0 Å². The van der Waals surface area contributed by atoms with E-state index >= 15 is 0 Å². The number of carbonyl (C=O) groups is 1. The average molecular weight is 328 g/mol. The Kier molecular flexibility index (Phi) is 5.13. The van der Waals surface area contributed by atoms with Crippen LogP contribution in [0.15, 0.2) is 36.4 Å². The molecule has 0 saturated heterocycles. The molecule has 0 aromatic heterocycles. The quantitative estimate of drug-likeness (QED) is 0.648. The van der Waals surface area contributed by atoms with Crippen LogP contribution in [-0.4, -0.2) is 42.4 Å². The Morgan fingerprint density at radius 1 is 0.833 bits per heavy atom. The fourth-order valence-electron chi connectivity index (χ4n) is 2.81. The molecule has 0 spiro atoms. The predicted octanol–water partition coefficient (Wildman–Crippen LogP) is 1.95. The van der Waals surface area contributed by atoms with Crippen molar-refractivity contribution < 1.29 is 24.5 Å². The van der Waals surface area contributed by atoms with E-state index in [1.54, 1.807) is 18.2 Å². The average Bonchev–Trinajstić information content (AvgIpc) is 2.60. The summed E-state index contributed by atoms with van der Waals surface area (Å²) in [4.78, 5) is 12.7. The fourth-order valence-corrected chi connectivity index (χ4v) is 2.81. The SMILES string of the molecule is O=C1c2ccc(OCCCO)cc2Cc2ccc(OCCO)cc21. The van der Waals surface area contributed by atoms with Crippen molar-refractivity contribution in [1.82, 2.24) is 0 Å². The van der Waals surface area contributed by atoms with E-state index in [0.717, 1.165) is 11.1 Å². The Bertz CT molecular complexity index is 739. The molecule has 0 bridgehead atoms. The lowest BCUT2D eigenvalue weighted by Crippen LogP contribution is -2.15. The molecule has 24 heavy (non-hydrogen) atoms. The number of hydrogen-bond acceptors (Lipinski definition) is 5. The van der Waals surface area contributed by atoms with Gasteiger partial charge in [-0.2, -0.15) is 0 Å². The maximum Gasteiger partial charge on any atom is 0.193 e. The second kappa shape index (κ2) is 7.47. The first-order valence-electron chi connectivity index (χ1n) is 8.01. The maximum absolute atomic E-state index is 12.7. The van der Waals surface area contributed by atoms with Crippen molar-refractivity contribution in [2.75, 3.05) is 26.4 Å². The molecule has 0 atom stereocenters. The molecule has 0 saturated carbocycles. The highest BCUT2D eigenvalue weighted by Gasteiger charge is 2.24. The third-order valence-corrected chi connectivity index (χ3v) is 3.96. The molecule has 0 heterocycles. The largest absolute Gasteiger partial charge is 0.493 e. The fraction of sp³-hybridized carbons (Fsp3) is 0.316. The van der Waals surface area contributed by atoms with Crippen LogP contribution in [0.5, 0.6) is 11.5 Å². The first-order valence-corrected chi connectivity index (χ1v) is 8.01. The van der Waals surface area contributed by atoms with Gasteiger partial charge in [-0.25, -0.2) is 0 Å². The lowest BCUT2D eigenvalue weighted by Gasteiger charge is -2.20. The second-order valence-corrected chi connectivity index (χ2v) is 5.64. The molecule has 0 aliphatic heterocycles. The molecule has 2 N–H and O–H groups in total. The van der Waals surface area contributed by atoms with E-state index in [1.165, 1.54) is 0 Å². The number of fused-ring (bicyclic) bond motifs is 2. The minimum absolute atomic E-state index is 0.0254. The number of ether oxygens (including phenoxy) is 2. The van der Waals surface area contributed by atoms with Crippen LogP contribution in [0.2, 0.25) is 0 Å². The topological polar surface area (TPSA) is 76.0 Å². The Morgan fingerprint density at radius 2 is 1.58 bits per heavy atom. The molecule has 0 unspecified atom stereocenters. The van der Waals surface area contributed by atoms with Crippen LogP contribution in [-0.2, 0) is 6.42 Å². The number of ketones is 1. The summed E-state index contributed by atoms with van der Waals surface area (Å²) in [5.41, 5.74) is 3.22. The highest BCUT2D eigenvalue weighted by Crippen LogP contribution is 2.31. The molecule has 3 rings (SSSR count). The molecular weight excluding hydrogens is 308 g/mol. The van der Waals surface area contributed by atoms with Gasteiger partial charge in [-0.15, -0.1) is 0 Å². The highest BCUT2D eigenvalue weighted by molar-refractivity contribution is 6.12. The van der Waals surface area contributed by atoms with Crippen molar-refractivity contribution in [3.63, 3.8) is 0 Å². The van der Waals surface area contributed by atoms with Gasteiger partial charge >= 0.3 is 0 Å². The smallest absolute Gasteiger partial charge is 0.193 e. The summed E-state index contributed by atoms with van der Waals surface area (Å²) in [6.45, 7) is 0.688. The van der Waals surface area contributed by atoms with E-state index in [9.17, 15) is 4.79 Å². The molecule has 2 aromatic carbocycles. The first-order chi connectivity index (χ1) is 11.7. The Balaban J connectivity index is 1.83. The molecule has 0 fully saturated rings. The zero-order chi connectivity index (χ0) is 16.9. The minimum atomic E-state index is -0.0626. The summed E-state index contributed by atoms with van der Waals surface area (Å²) in [6.07, 6.45) is 1.24. The summed E-state index contributed by atoms with van der Waals surface area (Å²) >= 11 is 0. The summed E-state index contributed by atoms with van der Waals surface area (Å²) < 4.78 is 11.0. The highest BCUT2D eigenvalue weighted by atomic mass is 16.5. The van der Waals surface area contributed by atoms with Gasteiger partial charge in [-0.05, 0) is 47.9 Å². The Hall–Kier alpha value is -2.37. The van der Waals surface area contributed by atoms with E-state index in [0.29, 0.717) is 42.1 Å². The van der Waals surface area contributed by atoms with Gasteiger partial charge in [0.1, 0.15) is 18.1 Å². The number of aliphatic hydroxyl groups is 2. The van der Waals surface area contributed by atoms with Gasteiger partial charge < -0.3 is 19.7 Å². The minimum Gasteiger partial charge on any atom is -0.493 e. The van der Waals surface area contributed by atoms with Gasteiger partial charge in [0, 0.05) is 24.2 Å². The molecule has 0 amide bonds. The lowest BCUT2D eigenvalue weighted by molar-refractivity contribution is 0.103. The maximum atomic E-state index is 12.7. The first kappa shape index (κ1) is 16.5. The number of rotatable bonds is 7. The number of hydrogen-bond donors (Lipinski definition) is 2. The predicted molar refractivity (Wildman–Crippen MR) is 88.9 cm³/mol. The van der Waals surface area contributed by atoms with Gasteiger partial charge in [0.05, 0.1) is 13.2 Å². The van der Waals surface area contributed by atoms with E-state index in [2.05, 4.69) is 0 Å². The normalized spacial score (nSPS) is 12.5. The Labute approximate surface area is 140 Å². The molecule has 1 aliphatic carbocycles. The van der Waals surface area contributed by atoms with Crippen LogP contribution in [0.1, 0.15) is 33.5 Å².